The molecule has 25 heavy (non-hydrogen) atoms. The molecule has 0 aliphatic rings. The summed E-state index contributed by atoms with van der Waals surface area (Å²) in [5.74, 6) is 0.662. The van der Waals surface area contributed by atoms with Crippen LogP contribution in [-0.4, -0.2) is 13.4 Å². The molecule has 1 N–H and O–H groups in total. The smallest absolute Gasteiger partial charge is 0.271 e. The lowest BCUT2D eigenvalue weighted by Crippen LogP contribution is -2.12. The molecule has 130 valence electrons. The van der Waals surface area contributed by atoms with Crippen molar-refractivity contribution in [2.75, 3.05) is 4.72 Å². The fourth-order valence-corrected chi connectivity index (χ4v) is 5.63. The van der Waals surface area contributed by atoms with Crippen LogP contribution in [0.5, 0.6) is 0 Å². The molecule has 3 aromatic rings. The van der Waals surface area contributed by atoms with E-state index in [0.29, 0.717) is 25.8 Å². The molecule has 2 heterocycles. The molecule has 0 atom stereocenters. The second-order valence-corrected chi connectivity index (χ2v) is 9.97. The number of sulfonamides is 1. The third-order valence-electron chi connectivity index (χ3n) is 3.09. The first-order valence-corrected chi connectivity index (χ1v) is 11.1. The van der Waals surface area contributed by atoms with Crippen LogP contribution in [-0.2, 0) is 15.8 Å². The van der Waals surface area contributed by atoms with E-state index in [2.05, 4.69) is 9.71 Å². The van der Waals surface area contributed by atoms with E-state index in [1.807, 2.05) is 30.3 Å². The van der Waals surface area contributed by atoms with Gasteiger partial charge in [0.05, 0.1) is 15.0 Å². The predicted molar refractivity (Wildman–Crippen MR) is 105 cm³/mol. The molecule has 0 spiro atoms. The number of pyridine rings is 1. The van der Waals surface area contributed by atoms with Gasteiger partial charge < -0.3 is 0 Å². The lowest BCUT2D eigenvalue weighted by Gasteiger charge is -2.11. The number of rotatable bonds is 6. The van der Waals surface area contributed by atoms with Gasteiger partial charge in [-0.3, -0.25) is 4.72 Å². The van der Waals surface area contributed by atoms with Gasteiger partial charge in [0.2, 0.25) is 0 Å². The van der Waals surface area contributed by atoms with Crippen LogP contribution in [0.4, 0.5) is 5.69 Å². The van der Waals surface area contributed by atoms with Crippen molar-refractivity contribution in [1.29, 1.82) is 0 Å². The minimum absolute atomic E-state index is 0.136. The van der Waals surface area contributed by atoms with Crippen molar-refractivity contribution in [3.05, 3.63) is 69.7 Å². The molecule has 0 radical (unpaired) electrons. The van der Waals surface area contributed by atoms with Gasteiger partial charge in [0.25, 0.3) is 10.0 Å². The maximum absolute atomic E-state index is 12.5. The van der Waals surface area contributed by atoms with Crippen molar-refractivity contribution in [2.24, 2.45) is 0 Å². The number of halogens is 2. The minimum atomic E-state index is -3.74. The molecule has 0 bridgehead atoms. The Kier molecular flexibility index (Phi) is 5.91. The van der Waals surface area contributed by atoms with Gasteiger partial charge in [0.1, 0.15) is 9.24 Å². The molecule has 0 saturated heterocycles. The lowest BCUT2D eigenvalue weighted by atomic mass is 10.2. The highest BCUT2D eigenvalue weighted by Gasteiger charge is 2.19. The summed E-state index contributed by atoms with van der Waals surface area (Å²) in [6, 6.07) is 14.4. The highest BCUT2D eigenvalue weighted by Crippen LogP contribution is 2.33. The van der Waals surface area contributed by atoms with Crippen molar-refractivity contribution in [3.8, 4) is 0 Å². The second-order valence-electron chi connectivity index (χ2n) is 4.94. The highest BCUT2D eigenvalue weighted by atomic mass is 35.5. The van der Waals surface area contributed by atoms with Gasteiger partial charge in [-0.05, 0) is 23.8 Å². The Labute approximate surface area is 164 Å². The van der Waals surface area contributed by atoms with Gasteiger partial charge in [-0.2, -0.15) is 0 Å². The first-order chi connectivity index (χ1) is 11.9. The zero-order valence-corrected chi connectivity index (χ0v) is 16.6. The molecule has 0 amide bonds. The number of hydrogen-bond donors (Lipinski definition) is 1. The molecule has 0 saturated carbocycles. The van der Waals surface area contributed by atoms with E-state index in [-0.39, 0.29) is 4.21 Å². The highest BCUT2D eigenvalue weighted by molar-refractivity contribution is 7.98. The normalized spacial score (nSPS) is 11.4. The van der Waals surface area contributed by atoms with Crippen LogP contribution in [0.25, 0.3) is 0 Å². The molecule has 9 heteroatoms. The Morgan fingerprint density at radius 3 is 2.56 bits per heavy atom. The first-order valence-electron chi connectivity index (χ1n) is 7.04. The van der Waals surface area contributed by atoms with Crippen LogP contribution in [0, 0.1) is 0 Å². The van der Waals surface area contributed by atoms with Crippen LogP contribution >= 0.6 is 46.3 Å². The number of nitrogens with one attached hydrogen (secondary N) is 1. The van der Waals surface area contributed by atoms with Crippen molar-refractivity contribution in [1.82, 2.24) is 4.98 Å². The number of thiophene rings is 1. The average molecular weight is 431 g/mol. The van der Waals surface area contributed by atoms with Crippen LogP contribution < -0.4 is 4.72 Å². The molecule has 1 aromatic carbocycles. The maximum Gasteiger partial charge on any atom is 0.271 e. The van der Waals surface area contributed by atoms with E-state index < -0.39 is 10.0 Å². The van der Waals surface area contributed by atoms with Crippen LogP contribution in [0.3, 0.4) is 0 Å². The van der Waals surface area contributed by atoms with Crippen LogP contribution in [0.1, 0.15) is 5.56 Å². The standard InChI is InChI=1S/C16H12Cl2N2O2S3/c17-12-8-13(20-25(21,22)15-7-6-14(18)24-15)16(19-9-12)23-10-11-4-2-1-3-5-11/h1-9,20H,10H2. The van der Waals surface area contributed by atoms with Gasteiger partial charge >= 0.3 is 0 Å². The summed E-state index contributed by atoms with van der Waals surface area (Å²) in [7, 11) is -3.74. The third-order valence-corrected chi connectivity index (χ3v) is 7.47. The van der Waals surface area contributed by atoms with Crippen molar-refractivity contribution in [2.45, 2.75) is 15.0 Å². The lowest BCUT2D eigenvalue weighted by molar-refractivity contribution is 0.603. The first kappa shape index (κ1) is 18.5. The van der Waals surface area contributed by atoms with E-state index in [1.54, 1.807) is 12.1 Å². The zero-order valence-electron chi connectivity index (χ0n) is 12.6. The average Bonchev–Trinajstić information content (AvgIpc) is 3.02. The van der Waals surface area contributed by atoms with Gasteiger partial charge in [-0.1, -0.05) is 65.3 Å². The Hall–Kier alpha value is -1.25. The van der Waals surface area contributed by atoms with E-state index >= 15 is 0 Å². The van der Waals surface area contributed by atoms with Gasteiger partial charge in [0, 0.05) is 11.9 Å². The number of aromatic nitrogens is 1. The molecular formula is C16H12Cl2N2O2S3. The number of benzene rings is 1. The number of nitrogens with zero attached hydrogens (tertiary/aromatic N) is 1. The zero-order chi connectivity index (χ0) is 17.9. The Morgan fingerprint density at radius 2 is 1.88 bits per heavy atom. The summed E-state index contributed by atoms with van der Waals surface area (Å²) in [6.45, 7) is 0. The molecule has 4 nitrogen and oxygen atoms in total. The fraction of sp³-hybridized carbons (Fsp3) is 0.0625. The van der Waals surface area contributed by atoms with Gasteiger partial charge in [-0.25, -0.2) is 13.4 Å². The largest absolute Gasteiger partial charge is 0.276 e. The SMILES string of the molecule is O=S(=O)(Nc1cc(Cl)cnc1SCc1ccccc1)c1ccc(Cl)s1. The van der Waals surface area contributed by atoms with E-state index in [9.17, 15) is 8.42 Å². The summed E-state index contributed by atoms with van der Waals surface area (Å²) in [6.07, 6.45) is 1.49. The van der Waals surface area contributed by atoms with Crippen molar-refractivity contribution in [3.63, 3.8) is 0 Å². The topological polar surface area (TPSA) is 59.1 Å². The molecule has 0 aliphatic carbocycles. The molecule has 3 rings (SSSR count). The number of hydrogen-bond acceptors (Lipinski definition) is 5. The Morgan fingerprint density at radius 1 is 1.12 bits per heavy atom. The Balaban J connectivity index is 1.84. The van der Waals surface area contributed by atoms with Crippen LogP contribution in [0.2, 0.25) is 9.36 Å². The quantitative estimate of drug-likeness (QED) is 0.521. The number of thioether (sulfide) groups is 1. The summed E-state index contributed by atoms with van der Waals surface area (Å²) in [4.78, 5) is 4.26. The molecule has 0 unspecified atom stereocenters. The molecule has 0 aliphatic heterocycles. The summed E-state index contributed by atoms with van der Waals surface area (Å²) < 4.78 is 28.1. The van der Waals surface area contributed by atoms with Gasteiger partial charge in [-0.15, -0.1) is 11.3 Å². The fourth-order valence-electron chi connectivity index (χ4n) is 1.98. The predicted octanol–water partition coefficient (Wildman–Crippen LogP) is 5.54. The van der Waals surface area contributed by atoms with Crippen molar-refractivity contribution >= 4 is 62.0 Å². The number of anilines is 1. The van der Waals surface area contributed by atoms with E-state index in [0.717, 1.165) is 16.9 Å². The third kappa shape index (κ3) is 4.89. The molecule has 2 aromatic heterocycles. The monoisotopic (exact) mass is 430 g/mol. The summed E-state index contributed by atoms with van der Waals surface area (Å²) in [5, 5.41) is 0.908. The van der Waals surface area contributed by atoms with Crippen LogP contribution in [0.15, 0.2) is 64.0 Å². The summed E-state index contributed by atoms with van der Waals surface area (Å²) in [5.41, 5.74) is 1.46. The summed E-state index contributed by atoms with van der Waals surface area (Å²) >= 11 is 14.2. The molecule has 0 fully saturated rings. The Bertz CT molecular complexity index is 976. The van der Waals surface area contributed by atoms with E-state index in [1.165, 1.54) is 24.0 Å². The van der Waals surface area contributed by atoms with Gasteiger partial charge in [0.15, 0.2) is 0 Å². The molecular weight excluding hydrogens is 419 g/mol. The maximum atomic E-state index is 12.5. The van der Waals surface area contributed by atoms with E-state index in [4.69, 9.17) is 23.2 Å². The second kappa shape index (κ2) is 7.97. The van der Waals surface area contributed by atoms with Crippen molar-refractivity contribution < 1.29 is 8.42 Å². The minimum Gasteiger partial charge on any atom is -0.276 e.